The average molecular weight is 295 g/mol. The summed E-state index contributed by atoms with van der Waals surface area (Å²) in [6.45, 7) is -0.221. The molecule has 1 aromatic carbocycles. The smallest absolute Gasteiger partial charge is 1.00 e. The molecule has 0 saturated heterocycles. The number of hydrogen-bond acceptors (Lipinski definition) is 3. The van der Waals surface area contributed by atoms with Crippen LogP contribution in [0.25, 0.3) is 11.0 Å². The van der Waals surface area contributed by atoms with Crippen molar-refractivity contribution in [2.75, 3.05) is 0 Å². The van der Waals surface area contributed by atoms with Gasteiger partial charge in [-0.15, -0.1) is 0 Å². The molecule has 0 atom stereocenters. The minimum atomic E-state index is -4.46. The molecule has 0 aliphatic rings. The molecule has 0 aliphatic carbocycles. The van der Waals surface area contributed by atoms with Crippen LogP contribution in [-0.4, -0.2) is 17.0 Å². The van der Waals surface area contributed by atoms with E-state index in [1.807, 2.05) is 5.32 Å². The Bertz CT molecular complexity index is 687. The van der Waals surface area contributed by atoms with Gasteiger partial charge >= 0.3 is 36.9 Å². The first kappa shape index (κ1) is 17.1. The van der Waals surface area contributed by atoms with Crippen molar-refractivity contribution >= 4 is 22.8 Å². The van der Waals surface area contributed by atoms with E-state index in [4.69, 9.17) is 9.52 Å². The Morgan fingerprint density at radius 1 is 1.29 bits per heavy atom. The van der Waals surface area contributed by atoms with Gasteiger partial charge in [0.25, 0.3) is 0 Å². The van der Waals surface area contributed by atoms with Gasteiger partial charge < -0.3 is 16.3 Å². The number of benzene rings is 1. The molecule has 2 rings (SSSR count). The topological polar surface area (TPSA) is 79.5 Å². The molecule has 0 radical (unpaired) electrons. The second-order valence-electron chi connectivity index (χ2n) is 3.95. The van der Waals surface area contributed by atoms with Crippen molar-refractivity contribution in [3.05, 3.63) is 35.6 Å². The van der Waals surface area contributed by atoms with E-state index in [2.05, 4.69) is 0 Å². The summed E-state index contributed by atoms with van der Waals surface area (Å²) in [7, 11) is 0. The maximum atomic E-state index is 12.5. The zero-order valence-electron chi connectivity index (χ0n) is 11.8. The molecule has 0 fully saturated rings. The van der Waals surface area contributed by atoms with Crippen LogP contribution in [0.3, 0.4) is 0 Å². The zero-order chi connectivity index (χ0) is 14.9. The molecule has 2 N–H and O–H groups in total. The van der Waals surface area contributed by atoms with Crippen LogP contribution in [0, 0.1) is 0 Å². The summed E-state index contributed by atoms with van der Waals surface area (Å²) in [5, 5.41) is 10.6. The third-order valence-corrected chi connectivity index (χ3v) is 2.51. The van der Waals surface area contributed by atoms with E-state index in [-0.39, 0.29) is 43.6 Å². The first-order valence-corrected chi connectivity index (χ1v) is 5.38. The number of alkyl halides is 3. The standard InChI is InChI=1S/C12H8F3NO4.Li.H/c13-12(14,15)7-1-2-9-6(3-7)4-8(20-9)5-16-10(17)11(18)19;;/h1-4H,5H2,(H,16,17)(H,18,19);;/q;+1;-1. The number of aliphatic carboxylic acids is 1. The SMILES string of the molecule is O=C(O)C(=O)NCc1cc2cc(C(F)(F)F)ccc2o1.[H-].[Li+]. The first-order chi connectivity index (χ1) is 9.27. The number of carbonyl (C=O) groups is 2. The monoisotopic (exact) mass is 295 g/mol. The maximum Gasteiger partial charge on any atom is 1.00 e. The van der Waals surface area contributed by atoms with E-state index in [9.17, 15) is 22.8 Å². The van der Waals surface area contributed by atoms with Crippen molar-refractivity contribution in [3.63, 3.8) is 0 Å². The minimum absolute atomic E-state index is 0. The summed E-state index contributed by atoms with van der Waals surface area (Å²) < 4.78 is 42.7. The molecule has 1 aromatic heterocycles. The van der Waals surface area contributed by atoms with E-state index < -0.39 is 23.6 Å². The van der Waals surface area contributed by atoms with Gasteiger partial charge in [0.05, 0.1) is 12.1 Å². The third-order valence-electron chi connectivity index (χ3n) is 2.51. The Labute approximate surface area is 129 Å². The molecular formula is C12H9F3LiNO4. The number of hydrogen-bond donors (Lipinski definition) is 2. The Balaban J connectivity index is 0.00000220. The molecule has 1 amide bonds. The Hall–Kier alpha value is -1.91. The number of furan rings is 1. The average Bonchev–Trinajstić information content (AvgIpc) is 2.76. The van der Waals surface area contributed by atoms with E-state index in [1.165, 1.54) is 12.1 Å². The van der Waals surface area contributed by atoms with Gasteiger partial charge in [0, 0.05) is 5.39 Å². The summed E-state index contributed by atoms with van der Waals surface area (Å²) >= 11 is 0. The van der Waals surface area contributed by atoms with E-state index >= 15 is 0 Å². The van der Waals surface area contributed by atoms with Gasteiger partial charge in [-0.1, -0.05) is 0 Å². The van der Waals surface area contributed by atoms with Gasteiger partial charge in [-0.3, -0.25) is 4.79 Å². The van der Waals surface area contributed by atoms with Crippen LogP contribution in [0.4, 0.5) is 13.2 Å². The fraction of sp³-hybridized carbons (Fsp3) is 0.167. The van der Waals surface area contributed by atoms with Crippen molar-refractivity contribution in [1.82, 2.24) is 5.32 Å². The van der Waals surface area contributed by atoms with Crippen LogP contribution >= 0.6 is 0 Å². The fourth-order valence-electron chi connectivity index (χ4n) is 1.60. The van der Waals surface area contributed by atoms with Gasteiger partial charge in [-0.05, 0) is 24.3 Å². The predicted molar refractivity (Wildman–Crippen MR) is 61.8 cm³/mol. The molecule has 0 aliphatic heterocycles. The second kappa shape index (κ2) is 6.24. The molecule has 2 aromatic rings. The number of carboxylic acid groups (broad SMARTS) is 1. The summed E-state index contributed by atoms with van der Waals surface area (Å²) in [5.41, 5.74) is -0.593. The van der Waals surface area contributed by atoms with Crippen LogP contribution < -0.4 is 24.2 Å². The van der Waals surface area contributed by atoms with Crippen LogP contribution in [-0.2, 0) is 22.3 Å². The van der Waals surface area contributed by atoms with E-state index in [0.29, 0.717) is 0 Å². The normalized spacial score (nSPS) is 11.0. The van der Waals surface area contributed by atoms with Gasteiger partial charge in [0.1, 0.15) is 11.3 Å². The molecule has 0 unspecified atom stereocenters. The second-order valence-corrected chi connectivity index (χ2v) is 3.95. The fourth-order valence-corrected chi connectivity index (χ4v) is 1.60. The molecule has 1 heterocycles. The molecule has 9 heteroatoms. The van der Waals surface area contributed by atoms with Gasteiger partial charge in [0.2, 0.25) is 0 Å². The molecule has 108 valence electrons. The summed E-state index contributed by atoms with van der Waals surface area (Å²) in [5.74, 6) is -2.71. The zero-order valence-corrected chi connectivity index (χ0v) is 10.8. The third kappa shape index (κ3) is 4.03. The molecular weight excluding hydrogens is 286 g/mol. The summed E-state index contributed by atoms with van der Waals surface area (Å²) in [4.78, 5) is 21.1. The van der Waals surface area contributed by atoms with E-state index in [0.717, 1.165) is 12.1 Å². The Morgan fingerprint density at radius 2 is 1.95 bits per heavy atom. The molecule has 0 saturated carbocycles. The number of carboxylic acids is 1. The number of amides is 1. The van der Waals surface area contributed by atoms with Crippen molar-refractivity contribution in [3.8, 4) is 0 Å². The van der Waals surface area contributed by atoms with Gasteiger partial charge in [-0.2, -0.15) is 13.2 Å². The van der Waals surface area contributed by atoms with Crippen LogP contribution in [0.1, 0.15) is 12.8 Å². The first-order valence-electron chi connectivity index (χ1n) is 5.38. The van der Waals surface area contributed by atoms with Crippen molar-refractivity contribution in [1.29, 1.82) is 0 Å². The van der Waals surface area contributed by atoms with Gasteiger partial charge in [0.15, 0.2) is 0 Å². The predicted octanol–water partition coefficient (Wildman–Crippen LogP) is -0.731. The van der Waals surface area contributed by atoms with Gasteiger partial charge in [-0.25, -0.2) is 4.79 Å². The number of nitrogens with one attached hydrogen (secondary N) is 1. The van der Waals surface area contributed by atoms with Crippen LogP contribution in [0.15, 0.2) is 28.7 Å². The summed E-state index contributed by atoms with van der Waals surface area (Å²) in [6.07, 6.45) is -4.46. The van der Waals surface area contributed by atoms with Crippen molar-refractivity contribution in [2.45, 2.75) is 12.7 Å². The van der Waals surface area contributed by atoms with Crippen molar-refractivity contribution in [2.24, 2.45) is 0 Å². The van der Waals surface area contributed by atoms with Crippen molar-refractivity contribution < 1.29 is 52.6 Å². The van der Waals surface area contributed by atoms with E-state index in [1.54, 1.807) is 0 Å². The Kier molecular flexibility index (Phi) is 5.09. The van der Waals surface area contributed by atoms with Crippen LogP contribution in [0.2, 0.25) is 0 Å². The molecule has 0 bridgehead atoms. The van der Waals surface area contributed by atoms with Crippen LogP contribution in [0.5, 0.6) is 0 Å². The quantitative estimate of drug-likeness (QED) is 0.565. The Morgan fingerprint density at radius 3 is 2.52 bits per heavy atom. The molecule has 21 heavy (non-hydrogen) atoms. The molecule has 0 spiro atoms. The number of rotatable bonds is 2. The number of carbonyl (C=O) groups excluding carboxylic acids is 1. The largest absolute Gasteiger partial charge is 1.00 e. The maximum absolute atomic E-state index is 12.5. The number of halogens is 3. The molecule has 5 nitrogen and oxygen atoms in total. The number of fused-ring (bicyclic) bond motifs is 1. The minimum Gasteiger partial charge on any atom is -1.00 e. The summed E-state index contributed by atoms with van der Waals surface area (Å²) in [6, 6.07) is 4.28.